The van der Waals surface area contributed by atoms with Crippen molar-refractivity contribution in [2.75, 3.05) is 6.61 Å². The van der Waals surface area contributed by atoms with Crippen LogP contribution in [0.5, 0.6) is 11.5 Å². The van der Waals surface area contributed by atoms with Gasteiger partial charge in [-0.1, -0.05) is 0 Å². The summed E-state index contributed by atoms with van der Waals surface area (Å²) < 4.78 is 4.93. The van der Waals surface area contributed by atoms with Gasteiger partial charge in [-0.3, -0.25) is 10.0 Å². The lowest BCUT2D eigenvalue weighted by Gasteiger charge is -2.03. The molecule has 0 fully saturated rings. The third kappa shape index (κ3) is 3.00. The van der Waals surface area contributed by atoms with Crippen LogP contribution in [-0.2, 0) is 4.79 Å². The number of hydroxylamine groups is 1. The second kappa shape index (κ2) is 4.32. The second-order valence-corrected chi connectivity index (χ2v) is 2.32. The lowest BCUT2D eigenvalue weighted by molar-refractivity contribution is -0.131. The Hall–Kier alpha value is -1.75. The summed E-state index contributed by atoms with van der Waals surface area (Å²) in [5.74, 6) is -0.0616. The van der Waals surface area contributed by atoms with Crippen molar-refractivity contribution >= 4 is 5.91 Å². The van der Waals surface area contributed by atoms with Gasteiger partial charge < -0.3 is 9.84 Å². The summed E-state index contributed by atoms with van der Waals surface area (Å²) in [6, 6.07) is 5.90. The molecule has 0 spiro atoms. The molecule has 1 rings (SSSR count). The van der Waals surface area contributed by atoms with Crippen LogP contribution in [0.15, 0.2) is 24.3 Å². The Bertz CT molecular complexity index is 283. The standard InChI is InChI=1S/C8H9NO4/c10-6-1-3-7(4-2-6)13-5-8(11)9-12/h1-4,10,12H,5H2,(H,9,11). The smallest absolute Gasteiger partial charge is 0.281 e. The molecule has 70 valence electrons. The van der Waals surface area contributed by atoms with Crippen molar-refractivity contribution in [2.24, 2.45) is 0 Å². The van der Waals surface area contributed by atoms with Gasteiger partial charge in [0.1, 0.15) is 11.5 Å². The van der Waals surface area contributed by atoms with Gasteiger partial charge in [-0.25, -0.2) is 5.48 Å². The maximum atomic E-state index is 10.5. The molecule has 5 heteroatoms. The second-order valence-electron chi connectivity index (χ2n) is 2.32. The monoisotopic (exact) mass is 183 g/mol. The average Bonchev–Trinajstić information content (AvgIpc) is 2.16. The first-order valence-electron chi connectivity index (χ1n) is 3.57. The van der Waals surface area contributed by atoms with Gasteiger partial charge in [0.05, 0.1) is 0 Å². The number of rotatable bonds is 3. The zero-order valence-corrected chi connectivity index (χ0v) is 6.73. The third-order valence-corrected chi connectivity index (χ3v) is 1.33. The van der Waals surface area contributed by atoms with Crippen molar-refractivity contribution in [3.63, 3.8) is 0 Å². The third-order valence-electron chi connectivity index (χ3n) is 1.33. The number of hydrogen-bond acceptors (Lipinski definition) is 4. The number of benzene rings is 1. The topological polar surface area (TPSA) is 78.8 Å². The molecule has 0 bridgehead atoms. The fourth-order valence-electron chi connectivity index (χ4n) is 0.724. The summed E-state index contributed by atoms with van der Waals surface area (Å²) in [4.78, 5) is 10.5. The quantitative estimate of drug-likeness (QED) is 0.464. The van der Waals surface area contributed by atoms with Crippen LogP contribution < -0.4 is 10.2 Å². The molecule has 3 N–H and O–H groups in total. The number of aromatic hydroxyl groups is 1. The molecule has 0 saturated carbocycles. The molecule has 0 aliphatic carbocycles. The van der Waals surface area contributed by atoms with Gasteiger partial charge in [-0.15, -0.1) is 0 Å². The van der Waals surface area contributed by atoms with E-state index in [-0.39, 0.29) is 12.4 Å². The lowest BCUT2D eigenvalue weighted by atomic mass is 10.3. The molecule has 0 saturated heterocycles. The maximum absolute atomic E-state index is 10.5. The van der Waals surface area contributed by atoms with E-state index in [9.17, 15) is 4.79 Å². The van der Waals surface area contributed by atoms with Gasteiger partial charge in [0.2, 0.25) is 0 Å². The minimum absolute atomic E-state index is 0.124. The zero-order valence-electron chi connectivity index (χ0n) is 6.73. The molecule has 0 aliphatic heterocycles. The van der Waals surface area contributed by atoms with Crippen LogP contribution >= 0.6 is 0 Å². The molecule has 0 aromatic heterocycles. The van der Waals surface area contributed by atoms with E-state index in [1.807, 2.05) is 0 Å². The van der Waals surface area contributed by atoms with Crippen LogP contribution in [0.1, 0.15) is 0 Å². The SMILES string of the molecule is O=C(COc1ccc(O)cc1)NO. The van der Waals surface area contributed by atoms with Crippen LogP contribution in [0.4, 0.5) is 0 Å². The highest BCUT2D eigenvalue weighted by Gasteiger charge is 1.99. The van der Waals surface area contributed by atoms with E-state index in [4.69, 9.17) is 15.1 Å². The first-order chi connectivity index (χ1) is 6.22. The van der Waals surface area contributed by atoms with Crippen LogP contribution in [-0.4, -0.2) is 22.8 Å². The van der Waals surface area contributed by atoms with Gasteiger partial charge in [0, 0.05) is 0 Å². The van der Waals surface area contributed by atoms with Crippen LogP contribution in [0, 0.1) is 0 Å². The fraction of sp³-hybridized carbons (Fsp3) is 0.125. The number of phenolic OH excluding ortho intramolecular Hbond substituents is 1. The Balaban J connectivity index is 2.46. The molecule has 0 radical (unpaired) electrons. The van der Waals surface area contributed by atoms with E-state index in [0.717, 1.165) is 0 Å². The normalized spacial score (nSPS) is 9.31. The molecule has 1 aromatic rings. The van der Waals surface area contributed by atoms with E-state index in [1.165, 1.54) is 29.7 Å². The van der Waals surface area contributed by atoms with Crippen molar-refractivity contribution < 1.29 is 19.8 Å². The number of amides is 1. The molecule has 1 aromatic carbocycles. The minimum Gasteiger partial charge on any atom is -0.508 e. The first kappa shape index (κ1) is 9.34. The largest absolute Gasteiger partial charge is 0.508 e. The highest BCUT2D eigenvalue weighted by Crippen LogP contribution is 2.15. The summed E-state index contributed by atoms with van der Waals surface area (Å²) in [5.41, 5.74) is 1.43. The van der Waals surface area contributed by atoms with Crippen LogP contribution in [0.25, 0.3) is 0 Å². The summed E-state index contributed by atoms with van der Waals surface area (Å²) in [6.45, 7) is -0.263. The first-order valence-corrected chi connectivity index (χ1v) is 3.57. The van der Waals surface area contributed by atoms with Gasteiger partial charge in [-0.2, -0.15) is 0 Å². The molecule has 0 unspecified atom stereocenters. The number of phenols is 1. The molecule has 5 nitrogen and oxygen atoms in total. The van der Waals surface area contributed by atoms with Crippen molar-refractivity contribution in [3.8, 4) is 11.5 Å². The summed E-state index contributed by atoms with van der Waals surface area (Å²) >= 11 is 0. The predicted molar refractivity (Wildman–Crippen MR) is 43.5 cm³/mol. The Morgan fingerprint density at radius 3 is 2.54 bits per heavy atom. The van der Waals surface area contributed by atoms with Crippen LogP contribution in [0.3, 0.4) is 0 Å². The molecule has 0 atom stereocenters. The van der Waals surface area contributed by atoms with Gasteiger partial charge in [-0.05, 0) is 24.3 Å². The minimum atomic E-state index is -0.631. The highest BCUT2D eigenvalue weighted by atomic mass is 16.5. The number of carbonyl (C=O) groups is 1. The number of nitrogens with one attached hydrogen (secondary N) is 1. The maximum Gasteiger partial charge on any atom is 0.281 e. The number of ether oxygens (including phenoxy) is 1. The van der Waals surface area contributed by atoms with Crippen molar-refractivity contribution in [2.45, 2.75) is 0 Å². The van der Waals surface area contributed by atoms with Gasteiger partial charge in [0.25, 0.3) is 5.91 Å². The molecular formula is C8H9NO4. The highest BCUT2D eigenvalue weighted by molar-refractivity contribution is 5.76. The van der Waals surface area contributed by atoms with Crippen molar-refractivity contribution in [3.05, 3.63) is 24.3 Å². The van der Waals surface area contributed by atoms with E-state index in [0.29, 0.717) is 5.75 Å². The fourth-order valence-corrected chi connectivity index (χ4v) is 0.724. The van der Waals surface area contributed by atoms with Gasteiger partial charge >= 0.3 is 0 Å². The average molecular weight is 183 g/mol. The molecular weight excluding hydrogens is 174 g/mol. The Labute approximate surface area is 74.5 Å². The summed E-state index contributed by atoms with van der Waals surface area (Å²) in [7, 11) is 0. The van der Waals surface area contributed by atoms with E-state index >= 15 is 0 Å². The molecule has 0 aliphatic rings. The van der Waals surface area contributed by atoms with E-state index < -0.39 is 5.91 Å². The number of hydrogen-bond donors (Lipinski definition) is 3. The molecule has 0 heterocycles. The van der Waals surface area contributed by atoms with Gasteiger partial charge in [0.15, 0.2) is 6.61 Å². The Morgan fingerprint density at radius 1 is 1.38 bits per heavy atom. The lowest BCUT2D eigenvalue weighted by Crippen LogP contribution is -2.25. The number of carbonyl (C=O) groups excluding carboxylic acids is 1. The summed E-state index contributed by atoms with van der Waals surface area (Å²) in [5, 5.41) is 17.0. The zero-order chi connectivity index (χ0) is 9.68. The van der Waals surface area contributed by atoms with Crippen molar-refractivity contribution in [1.29, 1.82) is 0 Å². The molecule has 1 amide bonds. The Morgan fingerprint density at radius 2 is 2.00 bits per heavy atom. The predicted octanol–water partition coefficient (Wildman–Crippen LogP) is 0.276. The van der Waals surface area contributed by atoms with Crippen LogP contribution in [0.2, 0.25) is 0 Å². The van der Waals surface area contributed by atoms with Crippen molar-refractivity contribution in [1.82, 2.24) is 5.48 Å². The Kier molecular flexibility index (Phi) is 3.10. The molecule has 13 heavy (non-hydrogen) atoms. The summed E-state index contributed by atoms with van der Waals surface area (Å²) in [6.07, 6.45) is 0. The van der Waals surface area contributed by atoms with E-state index in [2.05, 4.69) is 0 Å². The van der Waals surface area contributed by atoms with E-state index in [1.54, 1.807) is 0 Å².